The average Bonchev–Trinajstić information content (AvgIpc) is 3.63. The topological polar surface area (TPSA) is 38.9 Å². The lowest BCUT2D eigenvalue weighted by molar-refractivity contribution is 0.967. The van der Waals surface area contributed by atoms with Gasteiger partial charge >= 0.3 is 0 Å². The zero-order valence-corrected chi connectivity index (χ0v) is 24.6. The van der Waals surface area contributed by atoms with Crippen LogP contribution in [0.15, 0.2) is 146 Å². The molecule has 0 unspecified atom stereocenters. The van der Waals surface area contributed by atoms with Crippen molar-refractivity contribution in [3.8, 4) is 11.4 Å². The molecule has 0 amide bonds. The van der Waals surface area contributed by atoms with Crippen molar-refractivity contribution < 1.29 is 0 Å². The Morgan fingerprint density at radius 3 is 1.82 bits per heavy atom. The molecule has 1 aliphatic carbocycles. The Hall–Kier alpha value is -5.94. The van der Waals surface area contributed by atoms with Gasteiger partial charge in [0.05, 0.1) is 28.9 Å². The third-order valence-corrected chi connectivity index (χ3v) is 8.98. The molecule has 4 aromatic heterocycles. The zero-order valence-electron chi connectivity index (χ0n) is 24.6. The van der Waals surface area contributed by atoms with Gasteiger partial charge in [0, 0.05) is 62.7 Å². The van der Waals surface area contributed by atoms with Crippen molar-refractivity contribution in [2.24, 2.45) is 0 Å². The number of anilines is 3. The Balaban J connectivity index is 1.14. The predicted molar refractivity (Wildman–Crippen MR) is 185 cm³/mol. The van der Waals surface area contributed by atoms with Gasteiger partial charge in [-0.1, -0.05) is 42.5 Å². The number of nitrogens with zero attached hydrogens (tertiary/aromatic N) is 5. The summed E-state index contributed by atoms with van der Waals surface area (Å²) in [5.74, 6) is 0. The van der Waals surface area contributed by atoms with Crippen molar-refractivity contribution in [1.29, 1.82) is 0 Å². The van der Waals surface area contributed by atoms with Crippen LogP contribution in [0.2, 0.25) is 0 Å². The van der Waals surface area contributed by atoms with Gasteiger partial charge < -0.3 is 14.0 Å². The quantitative estimate of drug-likeness (QED) is 0.204. The minimum absolute atomic E-state index is 1.06. The van der Waals surface area contributed by atoms with Gasteiger partial charge in [-0.15, -0.1) is 0 Å². The van der Waals surface area contributed by atoms with Crippen molar-refractivity contribution in [3.63, 3.8) is 0 Å². The number of aromatic nitrogens is 4. The molecule has 0 radical (unpaired) electrons. The maximum Gasteiger partial charge on any atom is 0.0724 e. The lowest BCUT2D eigenvalue weighted by Gasteiger charge is -2.26. The van der Waals surface area contributed by atoms with Gasteiger partial charge in [-0.3, -0.25) is 9.97 Å². The molecule has 0 bridgehead atoms. The maximum absolute atomic E-state index is 4.47. The first-order chi connectivity index (χ1) is 22.3. The molecule has 4 heterocycles. The van der Waals surface area contributed by atoms with Crippen LogP contribution in [0.25, 0.3) is 50.2 Å². The van der Waals surface area contributed by atoms with E-state index in [1.54, 1.807) is 0 Å². The van der Waals surface area contributed by atoms with Crippen molar-refractivity contribution >= 4 is 55.8 Å². The van der Waals surface area contributed by atoms with Crippen LogP contribution in [-0.4, -0.2) is 19.1 Å². The molecule has 0 atom stereocenters. The number of aryl methyl sites for hydroxylation is 1. The summed E-state index contributed by atoms with van der Waals surface area (Å²) in [5, 5.41) is 3.73. The third-order valence-electron chi connectivity index (χ3n) is 8.98. The zero-order chi connectivity index (χ0) is 29.7. The summed E-state index contributed by atoms with van der Waals surface area (Å²) in [7, 11) is 0. The molecular weight excluding hydrogens is 550 g/mol. The number of para-hydroxylation sites is 2. The monoisotopic (exact) mass is 579 g/mol. The SMILES string of the molecule is C1=Cc2c(c3ccncc3n2-c2ccc(N(c3ccccc3)c3ccc(-n4c5ccccc5c5ccncc54)cc3)cc2)CC1. The van der Waals surface area contributed by atoms with Crippen LogP contribution >= 0.6 is 0 Å². The fraction of sp³-hybridized carbons (Fsp3) is 0.0500. The highest BCUT2D eigenvalue weighted by molar-refractivity contribution is 6.08. The van der Waals surface area contributed by atoms with Crippen LogP contribution in [-0.2, 0) is 6.42 Å². The van der Waals surface area contributed by atoms with Crippen molar-refractivity contribution in [2.45, 2.75) is 12.8 Å². The Bertz CT molecular complexity index is 2310. The number of hydrogen-bond donors (Lipinski definition) is 0. The molecule has 4 aromatic carbocycles. The normalized spacial score (nSPS) is 12.6. The summed E-state index contributed by atoms with van der Waals surface area (Å²) in [5.41, 5.74) is 11.6. The molecule has 9 rings (SSSR count). The molecule has 5 nitrogen and oxygen atoms in total. The lowest BCUT2D eigenvalue weighted by Crippen LogP contribution is -2.10. The highest BCUT2D eigenvalue weighted by Crippen LogP contribution is 2.38. The van der Waals surface area contributed by atoms with Gasteiger partial charge in [0.2, 0.25) is 0 Å². The van der Waals surface area contributed by atoms with Crippen LogP contribution in [0.3, 0.4) is 0 Å². The predicted octanol–water partition coefficient (Wildman–Crippen LogP) is 9.95. The van der Waals surface area contributed by atoms with E-state index >= 15 is 0 Å². The molecule has 214 valence electrons. The summed E-state index contributed by atoms with van der Waals surface area (Å²) >= 11 is 0. The average molecular weight is 580 g/mol. The number of fused-ring (bicyclic) bond motifs is 6. The van der Waals surface area contributed by atoms with E-state index < -0.39 is 0 Å². The Kier molecular flexibility index (Phi) is 5.88. The van der Waals surface area contributed by atoms with Crippen LogP contribution in [0.5, 0.6) is 0 Å². The van der Waals surface area contributed by atoms with Crippen LogP contribution in [0, 0.1) is 0 Å². The minimum atomic E-state index is 1.06. The Morgan fingerprint density at radius 1 is 0.511 bits per heavy atom. The second-order valence-electron chi connectivity index (χ2n) is 11.5. The van der Waals surface area contributed by atoms with Gasteiger partial charge in [-0.25, -0.2) is 0 Å². The van der Waals surface area contributed by atoms with Gasteiger partial charge in [-0.05, 0) is 103 Å². The first-order valence-corrected chi connectivity index (χ1v) is 15.4. The van der Waals surface area contributed by atoms with E-state index in [2.05, 4.69) is 151 Å². The van der Waals surface area contributed by atoms with E-state index in [-0.39, 0.29) is 0 Å². The summed E-state index contributed by atoms with van der Waals surface area (Å²) in [6.45, 7) is 0. The summed E-state index contributed by atoms with van der Waals surface area (Å²) in [6.07, 6.45) is 14.4. The smallest absolute Gasteiger partial charge is 0.0724 e. The molecular formula is C40H29N5. The number of rotatable bonds is 5. The molecule has 0 spiro atoms. The molecule has 8 aromatic rings. The molecule has 5 heteroatoms. The summed E-state index contributed by atoms with van der Waals surface area (Å²) in [6, 6.07) is 41.1. The van der Waals surface area contributed by atoms with E-state index in [1.807, 2.05) is 24.8 Å². The number of benzene rings is 4. The summed E-state index contributed by atoms with van der Waals surface area (Å²) < 4.78 is 4.65. The lowest BCUT2D eigenvalue weighted by atomic mass is 10.0. The maximum atomic E-state index is 4.47. The fourth-order valence-corrected chi connectivity index (χ4v) is 6.98. The standard InChI is InChI=1S/C40H29N5/c1-2-8-28(9-3-1)43(29-14-18-31(19-15-29)44-37-12-6-4-10-33(37)35-22-24-41-26-39(35)44)30-16-20-32(21-17-30)45-38-13-7-5-11-34(38)36-23-25-42-27-40(36)45/h1-4,6-10,12-27H,5,11H2. The van der Waals surface area contributed by atoms with Crippen LogP contribution in [0.4, 0.5) is 17.1 Å². The Labute approximate surface area is 261 Å². The minimum Gasteiger partial charge on any atom is -0.311 e. The molecule has 0 saturated carbocycles. The molecule has 0 N–H and O–H groups in total. The third kappa shape index (κ3) is 4.09. The Morgan fingerprint density at radius 2 is 1.09 bits per heavy atom. The number of allylic oxidation sites excluding steroid dienone is 1. The molecule has 0 fully saturated rings. The van der Waals surface area contributed by atoms with Gasteiger partial charge in [0.25, 0.3) is 0 Å². The second-order valence-corrected chi connectivity index (χ2v) is 11.5. The first-order valence-electron chi connectivity index (χ1n) is 15.4. The van der Waals surface area contributed by atoms with E-state index in [1.165, 1.54) is 32.9 Å². The highest BCUT2D eigenvalue weighted by atomic mass is 15.1. The summed E-state index contributed by atoms with van der Waals surface area (Å²) in [4.78, 5) is 11.2. The van der Waals surface area contributed by atoms with Gasteiger partial charge in [-0.2, -0.15) is 0 Å². The van der Waals surface area contributed by atoms with Gasteiger partial charge in [0.15, 0.2) is 0 Å². The molecule has 0 saturated heterocycles. The van der Waals surface area contributed by atoms with Gasteiger partial charge in [0.1, 0.15) is 0 Å². The van der Waals surface area contributed by atoms with Crippen molar-refractivity contribution in [2.75, 3.05) is 4.90 Å². The fourth-order valence-electron chi connectivity index (χ4n) is 6.98. The number of hydrogen-bond acceptors (Lipinski definition) is 3. The molecule has 1 aliphatic rings. The first kappa shape index (κ1) is 25.5. The highest BCUT2D eigenvalue weighted by Gasteiger charge is 2.19. The van der Waals surface area contributed by atoms with Crippen LogP contribution < -0.4 is 4.90 Å². The van der Waals surface area contributed by atoms with Crippen molar-refractivity contribution in [3.05, 3.63) is 157 Å². The molecule has 45 heavy (non-hydrogen) atoms. The molecule has 0 aliphatic heterocycles. The van der Waals surface area contributed by atoms with E-state index in [0.29, 0.717) is 0 Å². The van der Waals surface area contributed by atoms with E-state index in [0.717, 1.165) is 52.3 Å². The second kappa shape index (κ2) is 10.4. The largest absolute Gasteiger partial charge is 0.311 e. The van der Waals surface area contributed by atoms with E-state index in [9.17, 15) is 0 Å². The van der Waals surface area contributed by atoms with Crippen LogP contribution in [0.1, 0.15) is 17.7 Å². The number of pyridine rings is 2. The van der Waals surface area contributed by atoms with E-state index in [4.69, 9.17) is 0 Å². The van der Waals surface area contributed by atoms with Crippen molar-refractivity contribution in [1.82, 2.24) is 19.1 Å².